The minimum Gasteiger partial charge on any atom is -0.506 e. The molecule has 0 unspecified atom stereocenters. The van der Waals surface area contributed by atoms with Gasteiger partial charge in [0.05, 0.1) is 5.52 Å². The van der Waals surface area contributed by atoms with E-state index < -0.39 is 11.3 Å². The van der Waals surface area contributed by atoms with E-state index in [4.69, 9.17) is 4.74 Å². The molecule has 0 aliphatic heterocycles. The summed E-state index contributed by atoms with van der Waals surface area (Å²) in [6, 6.07) is 13.5. The van der Waals surface area contributed by atoms with Crippen molar-refractivity contribution < 1.29 is 19.4 Å². The topological polar surface area (TPSA) is 108 Å². The van der Waals surface area contributed by atoms with Gasteiger partial charge in [0.1, 0.15) is 17.9 Å². The van der Waals surface area contributed by atoms with Crippen molar-refractivity contribution in [3.8, 4) is 5.75 Å². The highest BCUT2D eigenvalue weighted by Gasteiger charge is 2.16. The van der Waals surface area contributed by atoms with Gasteiger partial charge in [-0.05, 0) is 35.9 Å². The lowest BCUT2D eigenvalue weighted by Crippen LogP contribution is -2.17. The first-order chi connectivity index (χ1) is 13.5. The number of ether oxygens (including phenoxy) is 1. The van der Waals surface area contributed by atoms with E-state index in [9.17, 15) is 19.5 Å². The number of anilines is 1. The molecule has 0 fully saturated rings. The van der Waals surface area contributed by atoms with Gasteiger partial charge in [0.2, 0.25) is 5.91 Å². The highest BCUT2D eigenvalue weighted by atomic mass is 16.5. The number of aromatic nitrogens is 1. The Morgan fingerprint density at radius 2 is 1.96 bits per heavy atom. The van der Waals surface area contributed by atoms with E-state index in [2.05, 4.69) is 10.3 Å². The standard InChI is InChI=1S/C21H18N2O5/c1-28-12-18(25)22-14-6-4-5-13(11-14)9-10-17(24)19-20(26)15-7-2-3-8-16(15)23-21(19)27/h2-11H,12H2,1H3,(H,22,25)(H2,23,26,27)/b10-9+. The number of H-pyrrole nitrogens is 1. The van der Waals surface area contributed by atoms with Crippen molar-refractivity contribution in [3.05, 3.63) is 76.1 Å². The number of rotatable bonds is 6. The van der Waals surface area contributed by atoms with Crippen LogP contribution in [-0.2, 0) is 9.53 Å². The molecule has 3 aromatic rings. The molecule has 0 saturated heterocycles. The molecule has 7 nitrogen and oxygen atoms in total. The predicted molar refractivity (Wildman–Crippen MR) is 107 cm³/mol. The van der Waals surface area contributed by atoms with Gasteiger partial charge in [-0.2, -0.15) is 0 Å². The third-order valence-corrected chi connectivity index (χ3v) is 4.01. The first-order valence-corrected chi connectivity index (χ1v) is 8.45. The summed E-state index contributed by atoms with van der Waals surface area (Å²) < 4.78 is 4.76. The van der Waals surface area contributed by atoms with Crippen LogP contribution < -0.4 is 10.9 Å². The molecule has 28 heavy (non-hydrogen) atoms. The number of carbonyl (C=O) groups excluding carboxylic acids is 2. The maximum atomic E-state index is 12.5. The van der Waals surface area contributed by atoms with Gasteiger partial charge in [0, 0.05) is 18.2 Å². The smallest absolute Gasteiger partial charge is 0.263 e. The molecule has 0 spiro atoms. The monoisotopic (exact) mass is 378 g/mol. The number of methoxy groups -OCH3 is 1. The average molecular weight is 378 g/mol. The van der Waals surface area contributed by atoms with E-state index in [0.29, 0.717) is 22.2 Å². The Labute approximate surface area is 160 Å². The maximum absolute atomic E-state index is 12.5. The van der Waals surface area contributed by atoms with Gasteiger partial charge in [-0.1, -0.05) is 30.3 Å². The van der Waals surface area contributed by atoms with Crippen molar-refractivity contribution in [3.63, 3.8) is 0 Å². The van der Waals surface area contributed by atoms with E-state index in [0.717, 1.165) is 0 Å². The first kappa shape index (κ1) is 19.1. The summed E-state index contributed by atoms with van der Waals surface area (Å²) >= 11 is 0. The second kappa shape index (κ2) is 8.32. The number of nitrogens with one attached hydrogen (secondary N) is 2. The van der Waals surface area contributed by atoms with Crippen LogP contribution >= 0.6 is 0 Å². The van der Waals surface area contributed by atoms with Gasteiger partial charge in [0.25, 0.3) is 5.56 Å². The third kappa shape index (κ3) is 4.16. The van der Waals surface area contributed by atoms with Crippen LogP contribution in [-0.4, -0.2) is 35.5 Å². The molecular formula is C21H18N2O5. The first-order valence-electron chi connectivity index (χ1n) is 8.45. The average Bonchev–Trinajstić information content (AvgIpc) is 2.67. The van der Waals surface area contributed by atoms with E-state index in [1.165, 1.54) is 19.3 Å². The molecular weight excluding hydrogens is 360 g/mol. The molecule has 1 amide bonds. The number of ketones is 1. The number of pyridine rings is 1. The zero-order valence-corrected chi connectivity index (χ0v) is 15.1. The number of aromatic amines is 1. The van der Waals surface area contributed by atoms with Crippen LogP contribution in [0.3, 0.4) is 0 Å². The molecule has 0 radical (unpaired) electrons. The predicted octanol–water partition coefficient (Wildman–Crippen LogP) is 2.71. The number of aromatic hydroxyl groups is 1. The van der Waals surface area contributed by atoms with Crippen molar-refractivity contribution in [1.82, 2.24) is 4.98 Å². The summed E-state index contributed by atoms with van der Waals surface area (Å²) in [6.45, 7) is -0.0669. The van der Waals surface area contributed by atoms with Crippen molar-refractivity contribution in [2.24, 2.45) is 0 Å². The molecule has 1 heterocycles. The van der Waals surface area contributed by atoms with E-state index in [1.54, 1.807) is 48.5 Å². The summed E-state index contributed by atoms with van der Waals surface area (Å²) in [5.41, 5.74) is 0.652. The fraction of sp³-hybridized carbons (Fsp3) is 0.0952. The number of benzene rings is 2. The maximum Gasteiger partial charge on any atom is 0.263 e. The number of fused-ring (bicyclic) bond motifs is 1. The summed E-state index contributed by atoms with van der Waals surface area (Å²) in [7, 11) is 1.42. The highest BCUT2D eigenvalue weighted by Crippen LogP contribution is 2.25. The molecule has 0 saturated carbocycles. The number of amides is 1. The fourth-order valence-corrected chi connectivity index (χ4v) is 2.76. The molecule has 7 heteroatoms. The van der Waals surface area contributed by atoms with Gasteiger partial charge in [0.15, 0.2) is 5.78 Å². The number of hydrogen-bond donors (Lipinski definition) is 3. The van der Waals surface area contributed by atoms with Crippen LogP contribution in [0.15, 0.2) is 59.4 Å². The van der Waals surface area contributed by atoms with Gasteiger partial charge in [-0.3, -0.25) is 14.4 Å². The SMILES string of the molecule is COCC(=O)Nc1cccc(/C=C/C(=O)c2c(O)c3ccccc3[nH]c2=O)c1. The Kier molecular flexibility index (Phi) is 5.67. The minimum atomic E-state index is -0.661. The Hall–Kier alpha value is -3.71. The normalized spacial score (nSPS) is 11.0. The van der Waals surface area contributed by atoms with Crippen molar-refractivity contribution in [2.45, 2.75) is 0 Å². The number of carbonyl (C=O) groups is 2. The van der Waals surface area contributed by atoms with Crippen LogP contribution in [0, 0.1) is 0 Å². The quantitative estimate of drug-likeness (QED) is 0.451. The zero-order valence-electron chi connectivity index (χ0n) is 15.1. The summed E-state index contributed by atoms with van der Waals surface area (Å²) in [4.78, 5) is 38.9. The molecule has 0 atom stereocenters. The fourth-order valence-electron chi connectivity index (χ4n) is 2.76. The van der Waals surface area contributed by atoms with Crippen LogP contribution in [0.25, 0.3) is 17.0 Å². The van der Waals surface area contributed by atoms with Gasteiger partial charge >= 0.3 is 0 Å². The van der Waals surface area contributed by atoms with Crippen LogP contribution in [0.1, 0.15) is 15.9 Å². The largest absolute Gasteiger partial charge is 0.506 e. The summed E-state index contributed by atoms with van der Waals surface area (Å²) in [5, 5.41) is 13.4. The van der Waals surface area contributed by atoms with E-state index in [-0.39, 0.29) is 23.8 Å². The Bertz CT molecular complexity index is 1130. The summed E-state index contributed by atoms with van der Waals surface area (Å²) in [5.74, 6) is -1.28. The molecule has 3 rings (SSSR count). The number of hydrogen-bond acceptors (Lipinski definition) is 5. The second-order valence-corrected chi connectivity index (χ2v) is 6.03. The molecule has 1 aromatic heterocycles. The van der Waals surface area contributed by atoms with Crippen LogP contribution in [0.2, 0.25) is 0 Å². The highest BCUT2D eigenvalue weighted by molar-refractivity contribution is 6.11. The lowest BCUT2D eigenvalue weighted by atomic mass is 10.1. The van der Waals surface area contributed by atoms with Crippen LogP contribution in [0.5, 0.6) is 5.75 Å². The lowest BCUT2D eigenvalue weighted by molar-refractivity contribution is -0.119. The Morgan fingerprint density at radius 1 is 1.18 bits per heavy atom. The van der Waals surface area contributed by atoms with Crippen molar-refractivity contribution in [2.75, 3.05) is 19.0 Å². The van der Waals surface area contributed by atoms with Crippen LogP contribution in [0.4, 0.5) is 5.69 Å². The molecule has 2 aromatic carbocycles. The van der Waals surface area contributed by atoms with Crippen molar-refractivity contribution >= 4 is 34.4 Å². The summed E-state index contributed by atoms with van der Waals surface area (Å²) in [6.07, 6.45) is 2.71. The Morgan fingerprint density at radius 3 is 2.75 bits per heavy atom. The lowest BCUT2D eigenvalue weighted by Gasteiger charge is -2.06. The van der Waals surface area contributed by atoms with Crippen molar-refractivity contribution in [1.29, 1.82) is 0 Å². The number of allylic oxidation sites excluding steroid dienone is 1. The van der Waals surface area contributed by atoms with Gasteiger partial charge < -0.3 is 20.1 Å². The molecule has 3 N–H and O–H groups in total. The number of para-hydroxylation sites is 1. The van der Waals surface area contributed by atoms with Gasteiger partial charge in [-0.15, -0.1) is 0 Å². The zero-order chi connectivity index (χ0) is 20.1. The molecule has 0 aliphatic rings. The minimum absolute atomic E-state index is 0.0669. The van der Waals surface area contributed by atoms with E-state index in [1.807, 2.05) is 0 Å². The Balaban J connectivity index is 1.86. The molecule has 0 aliphatic carbocycles. The van der Waals surface area contributed by atoms with Gasteiger partial charge in [-0.25, -0.2) is 0 Å². The second-order valence-electron chi connectivity index (χ2n) is 6.03. The molecule has 0 bridgehead atoms. The molecule has 142 valence electrons. The third-order valence-electron chi connectivity index (χ3n) is 4.01. The van der Waals surface area contributed by atoms with E-state index >= 15 is 0 Å².